The predicted molar refractivity (Wildman–Crippen MR) is 158 cm³/mol. The lowest BCUT2D eigenvalue weighted by Crippen LogP contribution is -2.43. The molecule has 1 aromatic heterocycles. The predicted octanol–water partition coefficient (Wildman–Crippen LogP) is 6.12. The Balaban J connectivity index is 0.000000244. The number of nitrogens with one attached hydrogen (secondary N) is 2. The van der Waals surface area contributed by atoms with Crippen LogP contribution in [0.5, 0.6) is 0 Å². The highest BCUT2D eigenvalue weighted by molar-refractivity contribution is 5.99. The molecule has 2 aliphatic rings. The number of likely N-dealkylation sites (N-methyl/N-ethyl adjacent to an activating group) is 1. The van der Waals surface area contributed by atoms with Crippen molar-refractivity contribution in [2.24, 2.45) is 11.8 Å². The van der Waals surface area contributed by atoms with Gasteiger partial charge in [-0.2, -0.15) is 5.26 Å². The lowest BCUT2D eigenvalue weighted by Gasteiger charge is -2.23. The van der Waals surface area contributed by atoms with E-state index in [0.717, 1.165) is 17.7 Å². The summed E-state index contributed by atoms with van der Waals surface area (Å²) in [5.41, 5.74) is 1.18. The average molecular weight is 580 g/mol. The van der Waals surface area contributed by atoms with E-state index in [-0.39, 0.29) is 29.4 Å². The van der Waals surface area contributed by atoms with Crippen LogP contribution in [0.1, 0.15) is 62.9 Å². The van der Waals surface area contributed by atoms with Crippen LogP contribution in [0.4, 0.5) is 14.5 Å². The number of nitriles is 1. The van der Waals surface area contributed by atoms with Crippen LogP contribution in [-0.2, 0) is 9.59 Å². The summed E-state index contributed by atoms with van der Waals surface area (Å²) in [5, 5.41) is 11.7. The first-order chi connectivity index (χ1) is 20.1. The van der Waals surface area contributed by atoms with E-state index in [1.165, 1.54) is 61.1 Å². The number of amides is 3. The Bertz CT molecular complexity index is 1380. The minimum atomic E-state index is -1.03. The number of halogens is 2. The number of carbonyl (C=O) groups excluding carboxylic acids is 3. The van der Waals surface area contributed by atoms with E-state index < -0.39 is 23.6 Å². The highest BCUT2D eigenvalue weighted by Gasteiger charge is 2.34. The number of para-hydroxylation sites is 1. The first-order valence-corrected chi connectivity index (χ1v) is 14.3. The Morgan fingerprint density at radius 1 is 1.10 bits per heavy atom. The summed E-state index contributed by atoms with van der Waals surface area (Å²) in [4.78, 5) is 40.2. The third kappa shape index (κ3) is 8.87. The lowest BCUT2D eigenvalue weighted by molar-refractivity contribution is -0.131. The molecule has 0 bridgehead atoms. The van der Waals surface area contributed by atoms with Gasteiger partial charge in [0.1, 0.15) is 11.7 Å². The van der Waals surface area contributed by atoms with E-state index in [2.05, 4.69) is 23.3 Å². The van der Waals surface area contributed by atoms with Crippen molar-refractivity contribution < 1.29 is 23.2 Å². The van der Waals surface area contributed by atoms with Crippen molar-refractivity contribution in [1.29, 1.82) is 5.26 Å². The van der Waals surface area contributed by atoms with E-state index in [0.29, 0.717) is 24.9 Å². The van der Waals surface area contributed by atoms with Crippen molar-refractivity contribution in [2.45, 2.75) is 58.4 Å². The van der Waals surface area contributed by atoms with Crippen LogP contribution < -0.4 is 5.32 Å². The van der Waals surface area contributed by atoms with Crippen molar-refractivity contribution in [3.63, 3.8) is 0 Å². The molecule has 2 atom stereocenters. The quantitative estimate of drug-likeness (QED) is 0.355. The van der Waals surface area contributed by atoms with Gasteiger partial charge in [-0.1, -0.05) is 64.2 Å². The van der Waals surface area contributed by atoms with Gasteiger partial charge in [-0.05, 0) is 48.6 Å². The summed E-state index contributed by atoms with van der Waals surface area (Å²) in [6, 6.07) is 14.5. The van der Waals surface area contributed by atoms with Gasteiger partial charge in [-0.25, -0.2) is 8.78 Å². The Morgan fingerprint density at radius 3 is 2.38 bits per heavy atom. The topological polar surface area (TPSA) is 109 Å². The van der Waals surface area contributed by atoms with Gasteiger partial charge in [0.05, 0.1) is 12.6 Å². The fraction of sp³-hybridized carbons (Fsp3) is 0.438. The number of fused-ring (bicyclic) bond motifs is 1. The van der Waals surface area contributed by atoms with Crippen LogP contribution in [-0.4, -0.2) is 59.2 Å². The molecule has 42 heavy (non-hydrogen) atoms. The van der Waals surface area contributed by atoms with Gasteiger partial charge in [0.2, 0.25) is 12.3 Å². The molecule has 2 fully saturated rings. The second-order valence-electron chi connectivity index (χ2n) is 11.1. The molecular formula is C32H39F2N5O3. The number of carbonyl (C=O) groups is 3. The smallest absolute Gasteiger partial charge is 0.270 e. The number of hydrogen-bond donors (Lipinski definition) is 2. The third-order valence-corrected chi connectivity index (χ3v) is 7.51. The van der Waals surface area contributed by atoms with Gasteiger partial charge < -0.3 is 20.1 Å². The van der Waals surface area contributed by atoms with Gasteiger partial charge in [0, 0.05) is 30.2 Å². The summed E-state index contributed by atoms with van der Waals surface area (Å²) < 4.78 is 27.1. The maximum atomic E-state index is 13.8. The van der Waals surface area contributed by atoms with Gasteiger partial charge >= 0.3 is 0 Å². The highest BCUT2D eigenvalue weighted by atomic mass is 19.2. The maximum Gasteiger partial charge on any atom is 0.270 e. The molecule has 3 aromatic rings. The molecule has 2 heterocycles. The normalized spacial score (nSPS) is 18.1. The first kappa shape index (κ1) is 32.3. The monoisotopic (exact) mass is 579 g/mol. The lowest BCUT2D eigenvalue weighted by atomic mass is 9.91. The van der Waals surface area contributed by atoms with Crippen LogP contribution in [0.25, 0.3) is 10.9 Å². The molecule has 2 unspecified atom stereocenters. The average Bonchev–Trinajstić information content (AvgIpc) is 3.60. The molecule has 1 aliphatic carbocycles. The van der Waals surface area contributed by atoms with Gasteiger partial charge in [-0.3, -0.25) is 14.4 Å². The summed E-state index contributed by atoms with van der Waals surface area (Å²) in [5.74, 6) is -1.59. The molecule has 3 amide bonds. The summed E-state index contributed by atoms with van der Waals surface area (Å²) in [7, 11) is 1.45. The van der Waals surface area contributed by atoms with Crippen molar-refractivity contribution in [1.82, 2.24) is 14.8 Å². The Labute approximate surface area is 245 Å². The van der Waals surface area contributed by atoms with Crippen LogP contribution >= 0.6 is 0 Å². The molecule has 1 saturated carbocycles. The Hall–Kier alpha value is -4.26. The number of aromatic amines is 1. The summed E-state index contributed by atoms with van der Waals surface area (Å²) >= 11 is 0. The molecule has 0 spiro atoms. The second-order valence-corrected chi connectivity index (χ2v) is 11.1. The van der Waals surface area contributed by atoms with Crippen LogP contribution in [0, 0.1) is 34.8 Å². The van der Waals surface area contributed by atoms with Gasteiger partial charge in [0.25, 0.3) is 5.91 Å². The molecule has 2 aromatic carbocycles. The summed E-state index contributed by atoms with van der Waals surface area (Å²) in [6.45, 7) is 4.61. The molecular weight excluding hydrogens is 540 g/mol. The molecule has 1 saturated heterocycles. The zero-order chi connectivity index (χ0) is 30.6. The van der Waals surface area contributed by atoms with Crippen LogP contribution in [0.3, 0.4) is 0 Å². The van der Waals surface area contributed by atoms with E-state index in [1.54, 1.807) is 0 Å². The van der Waals surface area contributed by atoms with Gasteiger partial charge in [0.15, 0.2) is 11.6 Å². The van der Waals surface area contributed by atoms with Crippen molar-refractivity contribution in [2.75, 3.05) is 25.5 Å². The van der Waals surface area contributed by atoms with E-state index >= 15 is 0 Å². The minimum Gasteiger partial charge on any atom is -0.350 e. The number of likely N-dealkylation sites (tertiary alicyclic amines) is 1. The number of rotatable bonds is 5. The molecule has 5 rings (SSSR count). The zero-order valence-corrected chi connectivity index (χ0v) is 24.4. The number of anilines is 1. The standard InChI is InChI=1S/C18H18F2N4O2.C7H7NO.C7H14/c1-10-5-11(7-21)24(8-10)16(25)9-23(2)18(26)15-6-12-14(22-15)4-3-13(19)17(12)20;9-6-8-7-4-2-1-3-5-7;1-7-5-3-2-4-6-7/h3-4,6,10-11,22H,5,8-9H2,1-2H3;1-6H,(H,8,9);7H,2-6H2,1H3. The van der Waals surface area contributed by atoms with E-state index in [1.807, 2.05) is 37.3 Å². The van der Waals surface area contributed by atoms with Crippen molar-refractivity contribution in [3.8, 4) is 6.07 Å². The highest BCUT2D eigenvalue weighted by Crippen LogP contribution is 2.24. The number of H-pyrrole nitrogens is 1. The van der Waals surface area contributed by atoms with Crippen molar-refractivity contribution in [3.05, 3.63) is 65.9 Å². The molecule has 10 heteroatoms. The zero-order valence-electron chi connectivity index (χ0n) is 24.4. The fourth-order valence-corrected chi connectivity index (χ4v) is 5.18. The third-order valence-electron chi connectivity index (χ3n) is 7.51. The van der Waals surface area contributed by atoms with E-state index in [4.69, 9.17) is 5.26 Å². The molecule has 0 radical (unpaired) electrons. The number of benzene rings is 2. The van der Waals surface area contributed by atoms with Crippen LogP contribution in [0.15, 0.2) is 48.5 Å². The SMILES string of the molecule is CC1CC(C#N)N(C(=O)CN(C)C(=O)c2cc3c(F)c(F)ccc3[nH]2)C1.CC1CCCCC1.O=CNc1ccccc1. The number of nitrogens with zero attached hydrogens (tertiary/aromatic N) is 3. The Morgan fingerprint density at radius 2 is 1.79 bits per heavy atom. The minimum absolute atomic E-state index is 0.0222. The molecule has 8 nitrogen and oxygen atoms in total. The fourth-order valence-electron chi connectivity index (χ4n) is 5.18. The van der Waals surface area contributed by atoms with Gasteiger partial charge in [-0.15, -0.1) is 0 Å². The molecule has 1 aliphatic heterocycles. The largest absolute Gasteiger partial charge is 0.350 e. The summed E-state index contributed by atoms with van der Waals surface area (Å²) in [6.07, 6.45) is 8.72. The molecule has 224 valence electrons. The van der Waals surface area contributed by atoms with Crippen LogP contribution in [0.2, 0.25) is 0 Å². The molecule has 2 N–H and O–H groups in total. The first-order valence-electron chi connectivity index (χ1n) is 14.3. The van der Waals surface area contributed by atoms with E-state index in [9.17, 15) is 23.2 Å². The Kier molecular flexibility index (Phi) is 12.0. The second kappa shape index (κ2) is 15.7. The van der Waals surface area contributed by atoms with Crippen molar-refractivity contribution >= 4 is 34.8 Å². The number of aromatic nitrogens is 1. The number of hydrogen-bond acceptors (Lipinski definition) is 4. The maximum absolute atomic E-state index is 13.8.